The van der Waals surface area contributed by atoms with E-state index >= 15 is 0 Å². The van der Waals surface area contributed by atoms with E-state index in [2.05, 4.69) is 31.4 Å². The highest BCUT2D eigenvalue weighted by atomic mass is 16.7. The lowest BCUT2D eigenvalue weighted by Crippen LogP contribution is -2.28. The fourth-order valence-corrected chi connectivity index (χ4v) is 3.24. The Hall–Kier alpha value is -3.88. The van der Waals surface area contributed by atoms with Gasteiger partial charge >= 0.3 is 5.97 Å². The summed E-state index contributed by atoms with van der Waals surface area (Å²) in [6, 6.07) is 10.3. The van der Waals surface area contributed by atoms with Crippen molar-refractivity contribution in [1.82, 2.24) is 5.32 Å². The van der Waals surface area contributed by atoms with Gasteiger partial charge in [0, 0.05) is 23.7 Å². The number of hydrogen-bond donors (Lipinski definition) is 2. The van der Waals surface area contributed by atoms with Gasteiger partial charge in [-0.1, -0.05) is 32.9 Å². The number of rotatable bonds is 8. The van der Waals surface area contributed by atoms with Gasteiger partial charge in [0.15, 0.2) is 23.9 Å². The van der Waals surface area contributed by atoms with Gasteiger partial charge in [0.25, 0.3) is 11.8 Å². The minimum atomic E-state index is -0.643. The van der Waals surface area contributed by atoms with E-state index in [0.29, 0.717) is 17.1 Å². The Morgan fingerprint density at radius 3 is 2.26 bits per heavy atom. The monoisotopic (exact) mass is 468 g/mol. The minimum Gasteiger partial charge on any atom is -0.456 e. The van der Waals surface area contributed by atoms with Crippen LogP contribution in [0.15, 0.2) is 36.4 Å². The molecule has 34 heavy (non-hydrogen) atoms. The Balaban J connectivity index is 1.43. The molecule has 1 aliphatic heterocycles. The lowest BCUT2D eigenvalue weighted by atomic mass is 9.87. The summed E-state index contributed by atoms with van der Waals surface area (Å²) < 4.78 is 15.5. The van der Waals surface area contributed by atoms with Crippen LogP contribution < -0.4 is 20.1 Å². The van der Waals surface area contributed by atoms with E-state index in [1.807, 2.05) is 12.1 Å². The molecule has 9 nitrogen and oxygen atoms in total. The second-order valence-corrected chi connectivity index (χ2v) is 8.85. The number of nitrogens with one attached hydrogen (secondary N) is 2. The Morgan fingerprint density at radius 2 is 1.65 bits per heavy atom. The minimum absolute atomic E-state index is 0.0125. The van der Waals surface area contributed by atoms with E-state index in [1.54, 1.807) is 12.1 Å². The molecule has 0 aliphatic carbocycles. The van der Waals surface area contributed by atoms with Crippen LogP contribution >= 0.6 is 0 Å². The van der Waals surface area contributed by atoms with Gasteiger partial charge in [-0.2, -0.15) is 0 Å². The standard InChI is InChI=1S/C25H28N2O7/c1-15(28)18-11-20-21(34-14-33-20)12-19(18)27-22(29)13-32-23(30)9-10-26-24(31)16-5-7-17(8-6-16)25(2,3)4/h5-8,11-12H,9-10,13-14H2,1-4H3,(H,26,31)(H,27,29). The summed E-state index contributed by atoms with van der Waals surface area (Å²) >= 11 is 0. The Labute approximate surface area is 197 Å². The Kier molecular flexibility index (Phi) is 7.55. The average Bonchev–Trinajstić information content (AvgIpc) is 3.24. The van der Waals surface area contributed by atoms with Crippen molar-refractivity contribution in [2.24, 2.45) is 0 Å². The van der Waals surface area contributed by atoms with Gasteiger partial charge in [0.05, 0.1) is 12.1 Å². The molecule has 0 atom stereocenters. The quantitative estimate of drug-likeness (QED) is 0.451. The lowest BCUT2D eigenvalue weighted by molar-refractivity contribution is -0.147. The number of hydrogen-bond acceptors (Lipinski definition) is 7. The molecule has 0 saturated heterocycles. The molecule has 0 radical (unpaired) electrons. The van der Waals surface area contributed by atoms with Crippen LogP contribution in [0.3, 0.4) is 0 Å². The summed E-state index contributed by atoms with van der Waals surface area (Å²) in [6.07, 6.45) is -0.0954. The van der Waals surface area contributed by atoms with Gasteiger partial charge < -0.3 is 24.8 Å². The molecule has 0 fully saturated rings. The molecule has 9 heteroatoms. The van der Waals surface area contributed by atoms with Crippen LogP contribution in [0, 0.1) is 0 Å². The van der Waals surface area contributed by atoms with Crippen LogP contribution in [0.4, 0.5) is 5.69 Å². The zero-order valence-electron chi connectivity index (χ0n) is 19.7. The Bertz CT molecular complexity index is 1100. The van der Waals surface area contributed by atoms with Crippen molar-refractivity contribution >= 4 is 29.3 Å². The zero-order chi connectivity index (χ0) is 24.9. The van der Waals surface area contributed by atoms with Gasteiger partial charge in [-0.15, -0.1) is 0 Å². The SMILES string of the molecule is CC(=O)c1cc2c(cc1NC(=O)COC(=O)CCNC(=O)c1ccc(C(C)(C)C)cc1)OCO2. The van der Waals surface area contributed by atoms with Gasteiger partial charge in [-0.05, 0) is 36.1 Å². The number of esters is 1. The molecule has 2 aromatic carbocycles. The highest BCUT2D eigenvalue weighted by Gasteiger charge is 2.21. The summed E-state index contributed by atoms with van der Waals surface area (Å²) in [6.45, 7) is 7.19. The molecular weight excluding hydrogens is 440 g/mol. The maximum atomic E-state index is 12.3. The predicted octanol–water partition coefficient (Wildman–Crippen LogP) is 3.22. The molecule has 0 unspecified atom stereocenters. The summed E-state index contributed by atoms with van der Waals surface area (Å²) in [5.74, 6) is -1.00. The molecule has 3 rings (SSSR count). The Morgan fingerprint density at radius 1 is 1.00 bits per heavy atom. The number of ketones is 1. The molecule has 0 bridgehead atoms. The van der Waals surface area contributed by atoms with Crippen molar-refractivity contribution in [2.75, 3.05) is 25.3 Å². The zero-order valence-corrected chi connectivity index (χ0v) is 19.7. The normalized spacial score (nSPS) is 12.1. The number of carbonyl (C=O) groups excluding carboxylic acids is 4. The van der Waals surface area contributed by atoms with Gasteiger partial charge in [-0.3, -0.25) is 19.2 Å². The smallest absolute Gasteiger partial charge is 0.308 e. The largest absolute Gasteiger partial charge is 0.456 e. The van der Waals surface area contributed by atoms with Gasteiger partial charge in [-0.25, -0.2) is 0 Å². The molecule has 1 heterocycles. The number of ether oxygens (including phenoxy) is 3. The molecular formula is C25H28N2O7. The first-order chi connectivity index (χ1) is 16.0. The molecule has 180 valence electrons. The van der Waals surface area contributed by atoms with Crippen molar-refractivity contribution in [1.29, 1.82) is 0 Å². The molecule has 2 N–H and O–H groups in total. The van der Waals surface area contributed by atoms with E-state index in [1.165, 1.54) is 19.1 Å². The van der Waals surface area contributed by atoms with Crippen molar-refractivity contribution in [2.45, 2.75) is 39.5 Å². The van der Waals surface area contributed by atoms with Crippen molar-refractivity contribution in [3.05, 3.63) is 53.1 Å². The van der Waals surface area contributed by atoms with E-state index < -0.39 is 18.5 Å². The maximum Gasteiger partial charge on any atom is 0.308 e. The first kappa shape index (κ1) is 24.8. The third-order valence-corrected chi connectivity index (χ3v) is 5.16. The third-order valence-electron chi connectivity index (χ3n) is 5.16. The number of benzene rings is 2. The summed E-state index contributed by atoms with van der Waals surface area (Å²) in [4.78, 5) is 48.3. The van der Waals surface area contributed by atoms with Crippen LogP contribution in [-0.4, -0.2) is 43.5 Å². The highest BCUT2D eigenvalue weighted by Crippen LogP contribution is 2.37. The second-order valence-electron chi connectivity index (χ2n) is 8.85. The topological polar surface area (TPSA) is 120 Å². The molecule has 1 aliphatic rings. The van der Waals surface area contributed by atoms with Crippen LogP contribution in [0.2, 0.25) is 0 Å². The van der Waals surface area contributed by atoms with Crippen LogP contribution in [-0.2, 0) is 19.7 Å². The number of fused-ring (bicyclic) bond motifs is 1. The van der Waals surface area contributed by atoms with E-state index in [9.17, 15) is 19.2 Å². The summed E-state index contributed by atoms with van der Waals surface area (Å²) in [5, 5.41) is 5.20. The molecule has 0 saturated carbocycles. The number of Topliss-reactive ketones (excluding diaryl/α,β-unsaturated/α-hetero) is 1. The number of carbonyl (C=O) groups is 4. The van der Waals surface area contributed by atoms with E-state index in [4.69, 9.17) is 14.2 Å². The maximum absolute atomic E-state index is 12.3. The predicted molar refractivity (Wildman–Crippen MR) is 124 cm³/mol. The van der Waals surface area contributed by atoms with E-state index in [0.717, 1.165) is 5.56 Å². The van der Waals surface area contributed by atoms with Crippen LogP contribution in [0.1, 0.15) is 60.4 Å². The highest BCUT2D eigenvalue weighted by molar-refractivity contribution is 6.05. The fraction of sp³-hybridized carbons (Fsp3) is 0.360. The van der Waals surface area contributed by atoms with Crippen molar-refractivity contribution < 1.29 is 33.4 Å². The first-order valence-corrected chi connectivity index (χ1v) is 10.8. The third kappa shape index (κ3) is 6.34. The molecule has 0 aromatic heterocycles. The average molecular weight is 469 g/mol. The summed E-state index contributed by atoms with van der Waals surface area (Å²) in [7, 11) is 0. The molecule has 2 amide bonds. The number of amides is 2. The van der Waals surface area contributed by atoms with Gasteiger partial charge in [0.1, 0.15) is 0 Å². The first-order valence-electron chi connectivity index (χ1n) is 10.8. The lowest BCUT2D eigenvalue weighted by Gasteiger charge is -2.19. The molecule has 2 aromatic rings. The van der Waals surface area contributed by atoms with Crippen molar-refractivity contribution in [3.63, 3.8) is 0 Å². The van der Waals surface area contributed by atoms with Gasteiger partial charge in [0.2, 0.25) is 6.79 Å². The second kappa shape index (κ2) is 10.4. The van der Waals surface area contributed by atoms with Crippen LogP contribution in [0.5, 0.6) is 11.5 Å². The summed E-state index contributed by atoms with van der Waals surface area (Å²) in [5.41, 5.74) is 2.08. The number of anilines is 1. The molecule has 0 spiro atoms. The van der Waals surface area contributed by atoms with Crippen LogP contribution in [0.25, 0.3) is 0 Å². The fourth-order valence-electron chi connectivity index (χ4n) is 3.24. The van der Waals surface area contributed by atoms with E-state index in [-0.39, 0.29) is 48.1 Å². The van der Waals surface area contributed by atoms with Crippen molar-refractivity contribution in [3.8, 4) is 11.5 Å².